The Morgan fingerprint density at radius 3 is 2.35 bits per heavy atom. The number of ether oxygens (including phenoxy) is 1. The Morgan fingerprint density at radius 1 is 1.20 bits per heavy atom. The molecule has 0 fully saturated rings. The zero-order valence-corrected chi connectivity index (χ0v) is 12.3. The number of hydrogen-bond acceptors (Lipinski definition) is 3. The molecule has 0 radical (unpaired) electrons. The molecule has 0 bridgehead atoms. The smallest absolute Gasteiger partial charge is 0.223 e. The van der Waals surface area contributed by atoms with Crippen LogP contribution in [0.2, 0.25) is 0 Å². The van der Waals surface area contributed by atoms with Crippen LogP contribution in [0.25, 0.3) is 0 Å². The zero-order chi connectivity index (χ0) is 15.0. The molecule has 20 heavy (non-hydrogen) atoms. The maximum Gasteiger partial charge on any atom is 0.223 e. The third-order valence-electron chi connectivity index (χ3n) is 2.82. The molecule has 0 saturated heterocycles. The monoisotopic (exact) mass is 278 g/mol. The second kappa shape index (κ2) is 8.19. The minimum absolute atomic E-state index is 0.0137. The fraction of sp³-hybridized carbons (Fsp3) is 0.467. The van der Waals surface area contributed by atoms with E-state index >= 15 is 0 Å². The van der Waals surface area contributed by atoms with Gasteiger partial charge >= 0.3 is 0 Å². The lowest BCUT2D eigenvalue weighted by molar-refractivity contribution is -0.121. The number of hydrogen-bond donors (Lipinski definition) is 1. The van der Waals surface area contributed by atoms with Crippen LogP contribution in [0.15, 0.2) is 24.3 Å². The quantitative estimate of drug-likeness (QED) is 0.829. The lowest BCUT2D eigenvalue weighted by atomic mass is 10.2. The van der Waals surface area contributed by atoms with Crippen molar-refractivity contribution in [1.29, 1.82) is 0 Å². The van der Waals surface area contributed by atoms with E-state index in [2.05, 4.69) is 5.32 Å². The van der Waals surface area contributed by atoms with E-state index in [4.69, 9.17) is 4.74 Å². The summed E-state index contributed by atoms with van der Waals surface area (Å²) in [5.41, 5.74) is 0.798. The summed E-state index contributed by atoms with van der Waals surface area (Å²) in [6, 6.07) is 7.35. The average molecular weight is 278 g/mol. The molecule has 0 aliphatic heterocycles. The van der Waals surface area contributed by atoms with E-state index in [1.54, 1.807) is 11.8 Å². The number of anilines is 1. The van der Waals surface area contributed by atoms with E-state index in [1.807, 2.05) is 31.2 Å². The first-order valence-corrected chi connectivity index (χ1v) is 6.86. The summed E-state index contributed by atoms with van der Waals surface area (Å²) in [5, 5.41) is 2.76. The number of carbonyl (C=O) groups is 2. The van der Waals surface area contributed by atoms with Crippen molar-refractivity contribution < 1.29 is 14.3 Å². The van der Waals surface area contributed by atoms with Gasteiger partial charge in [-0.1, -0.05) is 6.92 Å². The standard InChI is InChI=1S/C15H22N2O3/c1-4-15(19)16-10-11-17(12(3)18)13-6-8-14(9-7-13)20-5-2/h6-9H,4-5,10-11H2,1-3H3,(H,16,19). The van der Waals surface area contributed by atoms with Gasteiger partial charge in [-0.05, 0) is 31.2 Å². The zero-order valence-electron chi connectivity index (χ0n) is 12.3. The SMILES string of the molecule is CCOc1ccc(N(CCNC(=O)CC)C(C)=O)cc1. The predicted molar refractivity (Wildman–Crippen MR) is 78.9 cm³/mol. The molecule has 5 heteroatoms. The highest BCUT2D eigenvalue weighted by Gasteiger charge is 2.11. The van der Waals surface area contributed by atoms with Crippen molar-refractivity contribution in [3.63, 3.8) is 0 Å². The van der Waals surface area contributed by atoms with Gasteiger partial charge in [0, 0.05) is 32.1 Å². The van der Waals surface area contributed by atoms with Crippen LogP contribution in [0.5, 0.6) is 5.75 Å². The Kier molecular flexibility index (Phi) is 6.56. The Hall–Kier alpha value is -2.04. The molecule has 0 atom stereocenters. The molecule has 5 nitrogen and oxygen atoms in total. The van der Waals surface area contributed by atoms with Crippen molar-refractivity contribution in [2.45, 2.75) is 27.2 Å². The topological polar surface area (TPSA) is 58.6 Å². The van der Waals surface area contributed by atoms with Crippen LogP contribution in [0.4, 0.5) is 5.69 Å². The Balaban J connectivity index is 2.65. The summed E-state index contributed by atoms with van der Waals surface area (Å²) in [4.78, 5) is 24.5. The lowest BCUT2D eigenvalue weighted by Crippen LogP contribution is -2.37. The highest BCUT2D eigenvalue weighted by Crippen LogP contribution is 2.19. The van der Waals surface area contributed by atoms with Crippen LogP contribution < -0.4 is 15.0 Å². The van der Waals surface area contributed by atoms with Crippen LogP contribution in [-0.4, -0.2) is 31.5 Å². The molecule has 0 aromatic heterocycles. The van der Waals surface area contributed by atoms with Crippen LogP contribution in [-0.2, 0) is 9.59 Å². The van der Waals surface area contributed by atoms with Crippen LogP contribution in [0.3, 0.4) is 0 Å². The maximum atomic E-state index is 11.7. The molecule has 0 aliphatic carbocycles. The van der Waals surface area contributed by atoms with E-state index in [9.17, 15) is 9.59 Å². The molecule has 0 heterocycles. The number of nitrogens with zero attached hydrogens (tertiary/aromatic N) is 1. The lowest BCUT2D eigenvalue weighted by Gasteiger charge is -2.21. The molecule has 1 aromatic carbocycles. The normalized spacial score (nSPS) is 9.95. The van der Waals surface area contributed by atoms with E-state index in [-0.39, 0.29) is 11.8 Å². The van der Waals surface area contributed by atoms with Gasteiger partial charge in [0.2, 0.25) is 11.8 Å². The summed E-state index contributed by atoms with van der Waals surface area (Å²) in [7, 11) is 0. The van der Waals surface area contributed by atoms with E-state index in [1.165, 1.54) is 6.92 Å². The summed E-state index contributed by atoms with van der Waals surface area (Å²) in [5.74, 6) is 0.708. The van der Waals surface area contributed by atoms with Crippen molar-refractivity contribution in [3.05, 3.63) is 24.3 Å². The number of benzene rings is 1. The highest BCUT2D eigenvalue weighted by atomic mass is 16.5. The first kappa shape index (κ1) is 16.0. The van der Waals surface area contributed by atoms with Gasteiger partial charge in [-0.15, -0.1) is 0 Å². The molecule has 1 rings (SSSR count). The Morgan fingerprint density at radius 2 is 1.85 bits per heavy atom. The Bertz CT molecular complexity index is 443. The van der Waals surface area contributed by atoms with E-state index in [0.29, 0.717) is 26.1 Å². The maximum absolute atomic E-state index is 11.7. The molecule has 0 aliphatic rings. The molecule has 1 N–H and O–H groups in total. The van der Waals surface area contributed by atoms with Crippen molar-refractivity contribution in [2.24, 2.45) is 0 Å². The van der Waals surface area contributed by atoms with Crippen LogP contribution >= 0.6 is 0 Å². The largest absolute Gasteiger partial charge is 0.494 e. The molecule has 2 amide bonds. The van der Waals surface area contributed by atoms with Crippen LogP contribution in [0, 0.1) is 0 Å². The third-order valence-corrected chi connectivity index (χ3v) is 2.82. The third kappa shape index (κ3) is 4.91. The molecule has 110 valence electrons. The van der Waals surface area contributed by atoms with Crippen molar-refractivity contribution >= 4 is 17.5 Å². The average Bonchev–Trinajstić information content (AvgIpc) is 2.44. The second-order valence-electron chi connectivity index (χ2n) is 4.30. The van der Waals surface area contributed by atoms with Gasteiger partial charge in [-0.3, -0.25) is 9.59 Å². The minimum atomic E-state index is -0.0556. The van der Waals surface area contributed by atoms with Crippen molar-refractivity contribution in [3.8, 4) is 5.75 Å². The predicted octanol–water partition coefficient (Wildman–Crippen LogP) is 1.96. The van der Waals surface area contributed by atoms with Crippen molar-refractivity contribution in [1.82, 2.24) is 5.32 Å². The molecule has 0 spiro atoms. The molecule has 0 unspecified atom stereocenters. The van der Waals surface area contributed by atoms with Crippen LogP contribution in [0.1, 0.15) is 27.2 Å². The molecular formula is C15H22N2O3. The number of nitrogens with one attached hydrogen (secondary N) is 1. The number of rotatable bonds is 7. The van der Waals surface area contributed by atoms with Gasteiger partial charge in [0.25, 0.3) is 0 Å². The van der Waals surface area contributed by atoms with Gasteiger partial charge in [0.15, 0.2) is 0 Å². The van der Waals surface area contributed by atoms with Crippen molar-refractivity contribution in [2.75, 3.05) is 24.6 Å². The van der Waals surface area contributed by atoms with Gasteiger partial charge in [-0.2, -0.15) is 0 Å². The second-order valence-corrected chi connectivity index (χ2v) is 4.30. The van der Waals surface area contributed by atoms with E-state index in [0.717, 1.165) is 11.4 Å². The minimum Gasteiger partial charge on any atom is -0.494 e. The number of carbonyl (C=O) groups excluding carboxylic acids is 2. The molecule has 1 aromatic rings. The van der Waals surface area contributed by atoms with Gasteiger partial charge in [0.1, 0.15) is 5.75 Å². The Labute approximate surface area is 119 Å². The van der Waals surface area contributed by atoms with E-state index < -0.39 is 0 Å². The first-order chi connectivity index (χ1) is 9.58. The summed E-state index contributed by atoms with van der Waals surface area (Å²) in [6.07, 6.45) is 0.448. The highest BCUT2D eigenvalue weighted by molar-refractivity contribution is 5.91. The first-order valence-electron chi connectivity index (χ1n) is 6.86. The molecule has 0 saturated carbocycles. The molecular weight excluding hydrogens is 256 g/mol. The van der Waals surface area contributed by atoms with Gasteiger partial charge in [-0.25, -0.2) is 0 Å². The van der Waals surface area contributed by atoms with Gasteiger partial charge < -0.3 is 15.0 Å². The summed E-state index contributed by atoms with van der Waals surface area (Å²) >= 11 is 0. The fourth-order valence-electron chi connectivity index (χ4n) is 1.79. The summed E-state index contributed by atoms with van der Waals surface area (Å²) in [6.45, 7) is 6.74. The summed E-state index contributed by atoms with van der Waals surface area (Å²) < 4.78 is 5.37. The number of amides is 2. The van der Waals surface area contributed by atoms with Gasteiger partial charge in [0.05, 0.1) is 6.61 Å². The fourth-order valence-corrected chi connectivity index (χ4v) is 1.79.